The topological polar surface area (TPSA) is 100 Å². The molecule has 7 nitrogen and oxygen atoms in total. The van der Waals surface area contributed by atoms with Gasteiger partial charge < -0.3 is 9.88 Å². The predicted octanol–water partition coefficient (Wildman–Crippen LogP) is 1.24. The zero-order valence-corrected chi connectivity index (χ0v) is 16.5. The molecule has 1 aromatic heterocycles. The van der Waals surface area contributed by atoms with E-state index in [0.717, 1.165) is 6.42 Å². The number of sulfone groups is 1. The molecule has 0 unspecified atom stereocenters. The van der Waals surface area contributed by atoms with E-state index in [9.17, 15) is 18.0 Å². The van der Waals surface area contributed by atoms with E-state index in [1.165, 1.54) is 17.8 Å². The second kappa shape index (κ2) is 8.35. The van der Waals surface area contributed by atoms with Crippen LogP contribution in [0.3, 0.4) is 0 Å². The number of aryl methyl sites for hydroxylation is 1. The van der Waals surface area contributed by atoms with Gasteiger partial charge in [-0.05, 0) is 26.7 Å². The lowest BCUT2D eigenvalue weighted by Crippen LogP contribution is -2.44. The molecule has 0 radical (unpaired) electrons. The first kappa shape index (κ1) is 20.0. The zero-order chi connectivity index (χ0) is 18.6. The third-order valence-electron chi connectivity index (χ3n) is 4.19. The van der Waals surface area contributed by atoms with Crippen LogP contribution in [0.15, 0.2) is 16.0 Å². The van der Waals surface area contributed by atoms with E-state index < -0.39 is 15.1 Å². The van der Waals surface area contributed by atoms with Gasteiger partial charge in [0.1, 0.15) is 0 Å². The van der Waals surface area contributed by atoms with Crippen LogP contribution >= 0.6 is 11.8 Å². The molecule has 1 aromatic rings. The molecule has 140 valence electrons. The van der Waals surface area contributed by atoms with Crippen molar-refractivity contribution in [3.8, 4) is 0 Å². The summed E-state index contributed by atoms with van der Waals surface area (Å²) in [6.07, 6.45) is 2.08. The van der Waals surface area contributed by atoms with Gasteiger partial charge in [-0.3, -0.25) is 9.59 Å². The van der Waals surface area contributed by atoms with Crippen molar-refractivity contribution in [2.45, 2.75) is 56.5 Å². The smallest absolute Gasteiger partial charge is 0.251 e. The molecule has 2 heterocycles. The normalized spacial score (nSPS) is 20.4. The van der Waals surface area contributed by atoms with E-state index in [-0.39, 0.29) is 29.0 Å². The van der Waals surface area contributed by atoms with Crippen LogP contribution in [-0.2, 0) is 21.1 Å². The Bertz CT molecular complexity index is 776. The maximum Gasteiger partial charge on any atom is 0.251 e. The number of rotatable bonds is 7. The fraction of sp³-hybridized carbons (Fsp3) is 0.688. The molecule has 1 amide bonds. The van der Waals surface area contributed by atoms with Crippen LogP contribution in [0.5, 0.6) is 0 Å². The molecule has 0 aliphatic carbocycles. The molecule has 1 N–H and O–H groups in total. The Morgan fingerprint density at radius 2 is 2.20 bits per heavy atom. The molecule has 25 heavy (non-hydrogen) atoms. The molecule has 0 aromatic carbocycles. The lowest BCUT2D eigenvalue weighted by atomic mass is 10.2. The SMILES string of the molecule is CCCc1cc(=O)[nH]c(S[C@H](C)C(=O)N(CC)[C@@H]2CCS(=O)(=O)C2)n1. The van der Waals surface area contributed by atoms with Gasteiger partial charge in [0.2, 0.25) is 5.91 Å². The number of nitrogens with zero attached hydrogens (tertiary/aromatic N) is 2. The van der Waals surface area contributed by atoms with Crippen molar-refractivity contribution in [1.82, 2.24) is 14.9 Å². The van der Waals surface area contributed by atoms with Crippen molar-refractivity contribution in [2.24, 2.45) is 0 Å². The number of aromatic nitrogens is 2. The summed E-state index contributed by atoms with van der Waals surface area (Å²) in [6, 6.07) is 1.21. The summed E-state index contributed by atoms with van der Waals surface area (Å²) in [5.74, 6) is 0.0419. The maximum absolute atomic E-state index is 12.8. The van der Waals surface area contributed by atoms with Crippen LogP contribution in [0.4, 0.5) is 0 Å². The molecule has 1 saturated heterocycles. The Hall–Kier alpha value is -1.35. The van der Waals surface area contributed by atoms with Gasteiger partial charge in [-0.25, -0.2) is 13.4 Å². The van der Waals surface area contributed by atoms with Crippen molar-refractivity contribution in [2.75, 3.05) is 18.1 Å². The molecule has 1 aliphatic rings. The van der Waals surface area contributed by atoms with Gasteiger partial charge in [0.25, 0.3) is 5.56 Å². The van der Waals surface area contributed by atoms with Crippen LogP contribution in [0.1, 0.15) is 39.3 Å². The quantitative estimate of drug-likeness (QED) is 0.558. The zero-order valence-electron chi connectivity index (χ0n) is 14.8. The third-order valence-corrected chi connectivity index (χ3v) is 6.91. The fourth-order valence-corrected chi connectivity index (χ4v) is 5.62. The number of hydrogen-bond acceptors (Lipinski definition) is 6. The number of carbonyl (C=O) groups excluding carboxylic acids is 1. The molecule has 0 saturated carbocycles. The van der Waals surface area contributed by atoms with Crippen molar-refractivity contribution in [3.05, 3.63) is 22.1 Å². The van der Waals surface area contributed by atoms with E-state index in [2.05, 4.69) is 9.97 Å². The molecule has 0 spiro atoms. The van der Waals surface area contributed by atoms with E-state index in [1.807, 2.05) is 13.8 Å². The van der Waals surface area contributed by atoms with E-state index in [4.69, 9.17) is 0 Å². The summed E-state index contributed by atoms with van der Waals surface area (Å²) in [5, 5.41) is -0.0322. The van der Waals surface area contributed by atoms with Crippen LogP contribution < -0.4 is 5.56 Å². The summed E-state index contributed by atoms with van der Waals surface area (Å²) >= 11 is 1.20. The minimum absolute atomic E-state index is 0.0328. The van der Waals surface area contributed by atoms with Crippen molar-refractivity contribution < 1.29 is 13.2 Å². The Labute approximate surface area is 152 Å². The summed E-state index contributed by atoms with van der Waals surface area (Å²) in [7, 11) is -3.05. The predicted molar refractivity (Wildman–Crippen MR) is 98.6 cm³/mol. The van der Waals surface area contributed by atoms with Gasteiger partial charge in [-0.1, -0.05) is 25.1 Å². The van der Waals surface area contributed by atoms with Crippen LogP contribution in [-0.4, -0.2) is 58.5 Å². The molecular weight excluding hydrogens is 362 g/mol. The Balaban J connectivity index is 2.10. The summed E-state index contributed by atoms with van der Waals surface area (Å²) in [4.78, 5) is 33.2. The Kier molecular flexibility index (Phi) is 6.67. The van der Waals surface area contributed by atoms with Gasteiger partial charge in [-0.15, -0.1) is 0 Å². The highest BCUT2D eigenvalue weighted by Crippen LogP contribution is 2.24. The van der Waals surface area contributed by atoms with Crippen molar-refractivity contribution in [1.29, 1.82) is 0 Å². The van der Waals surface area contributed by atoms with Gasteiger partial charge in [0, 0.05) is 24.3 Å². The first-order valence-electron chi connectivity index (χ1n) is 8.53. The summed E-state index contributed by atoms with van der Waals surface area (Å²) in [5.41, 5.74) is 0.484. The number of H-pyrrole nitrogens is 1. The third kappa shape index (κ3) is 5.31. The minimum atomic E-state index is -3.05. The molecule has 0 bridgehead atoms. The summed E-state index contributed by atoms with van der Waals surface area (Å²) in [6.45, 7) is 6.08. The standard InChI is InChI=1S/C16H25N3O4S2/c1-4-6-12-9-14(20)18-16(17-12)24-11(3)15(21)19(5-2)13-7-8-25(22,23)10-13/h9,11,13H,4-8,10H2,1-3H3,(H,17,18,20)/t11-,13-/m1/s1. The van der Waals surface area contributed by atoms with Gasteiger partial charge in [0.05, 0.1) is 16.8 Å². The van der Waals surface area contributed by atoms with Gasteiger partial charge in [-0.2, -0.15) is 0 Å². The average molecular weight is 388 g/mol. The number of hydrogen-bond donors (Lipinski definition) is 1. The Morgan fingerprint density at radius 1 is 1.48 bits per heavy atom. The van der Waals surface area contributed by atoms with E-state index in [0.29, 0.717) is 30.2 Å². The number of nitrogens with one attached hydrogen (secondary N) is 1. The number of carbonyl (C=O) groups is 1. The fourth-order valence-electron chi connectivity index (χ4n) is 2.99. The number of amides is 1. The average Bonchev–Trinajstić information content (AvgIpc) is 2.87. The van der Waals surface area contributed by atoms with E-state index in [1.54, 1.807) is 11.8 Å². The molecule has 1 aliphatic heterocycles. The van der Waals surface area contributed by atoms with Gasteiger partial charge in [0.15, 0.2) is 15.0 Å². The molecular formula is C16H25N3O4S2. The van der Waals surface area contributed by atoms with Crippen LogP contribution in [0.25, 0.3) is 0 Å². The summed E-state index contributed by atoms with van der Waals surface area (Å²) < 4.78 is 23.4. The highest BCUT2D eigenvalue weighted by atomic mass is 32.2. The second-order valence-electron chi connectivity index (χ2n) is 6.23. The van der Waals surface area contributed by atoms with Crippen LogP contribution in [0.2, 0.25) is 0 Å². The van der Waals surface area contributed by atoms with E-state index >= 15 is 0 Å². The molecule has 9 heteroatoms. The number of aromatic amines is 1. The van der Waals surface area contributed by atoms with Gasteiger partial charge >= 0.3 is 0 Å². The maximum atomic E-state index is 12.8. The molecule has 2 atom stereocenters. The Morgan fingerprint density at radius 3 is 2.76 bits per heavy atom. The number of thioether (sulfide) groups is 1. The lowest BCUT2D eigenvalue weighted by Gasteiger charge is -2.29. The second-order valence-corrected chi connectivity index (χ2v) is 9.79. The highest BCUT2D eigenvalue weighted by Gasteiger charge is 2.35. The lowest BCUT2D eigenvalue weighted by molar-refractivity contribution is -0.131. The monoisotopic (exact) mass is 387 g/mol. The first-order valence-corrected chi connectivity index (χ1v) is 11.2. The largest absolute Gasteiger partial charge is 0.338 e. The van der Waals surface area contributed by atoms with Crippen LogP contribution in [0, 0.1) is 0 Å². The van der Waals surface area contributed by atoms with Crippen molar-refractivity contribution >= 4 is 27.5 Å². The first-order chi connectivity index (χ1) is 11.8. The molecule has 2 rings (SSSR count). The highest BCUT2D eigenvalue weighted by molar-refractivity contribution is 8.00. The minimum Gasteiger partial charge on any atom is -0.338 e. The molecule has 1 fully saturated rings. The van der Waals surface area contributed by atoms with Crippen molar-refractivity contribution in [3.63, 3.8) is 0 Å².